The van der Waals surface area contributed by atoms with Crippen molar-refractivity contribution in [3.63, 3.8) is 0 Å². The molecule has 0 saturated heterocycles. The maximum Gasteiger partial charge on any atom is 0.274 e. The van der Waals surface area contributed by atoms with E-state index in [1.165, 1.54) is 28.9 Å². The molecule has 1 aromatic heterocycles. The number of halogens is 1. The first kappa shape index (κ1) is 20.5. The molecule has 150 valence electrons. The molecule has 29 heavy (non-hydrogen) atoms. The summed E-state index contributed by atoms with van der Waals surface area (Å²) in [7, 11) is 0. The standard InChI is InChI=1S/C23H24FN3O2/c1-2-3-7-16-26(17-18-10-12-19(24)13-11-18)23(29)21-14-15-22(28)27(25-21)20-8-5-4-6-9-20/h4-6,8-15H,2-3,7,16-17H2,1H3. The van der Waals surface area contributed by atoms with Crippen LogP contribution in [0, 0.1) is 5.82 Å². The van der Waals surface area contributed by atoms with Gasteiger partial charge in [-0.2, -0.15) is 9.78 Å². The van der Waals surface area contributed by atoms with Gasteiger partial charge in [-0.1, -0.05) is 50.1 Å². The van der Waals surface area contributed by atoms with E-state index in [1.807, 2.05) is 18.2 Å². The van der Waals surface area contributed by atoms with Crippen LogP contribution in [0.2, 0.25) is 0 Å². The Hall–Kier alpha value is -3.28. The van der Waals surface area contributed by atoms with Gasteiger partial charge < -0.3 is 4.90 Å². The van der Waals surface area contributed by atoms with E-state index in [9.17, 15) is 14.0 Å². The molecule has 5 nitrogen and oxygen atoms in total. The number of carbonyl (C=O) groups excluding carboxylic acids is 1. The third-order valence-electron chi connectivity index (χ3n) is 4.63. The van der Waals surface area contributed by atoms with Crippen LogP contribution in [0.4, 0.5) is 4.39 Å². The van der Waals surface area contributed by atoms with Gasteiger partial charge in [0.05, 0.1) is 5.69 Å². The molecule has 0 saturated carbocycles. The second-order valence-corrected chi connectivity index (χ2v) is 6.86. The molecule has 0 N–H and O–H groups in total. The van der Waals surface area contributed by atoms with Crippen molar-refractivity contribution in [2.75, 3.05) is 6.54 Å². The number of benzene rings is 2. The zero-order chi connectivity index (χ0) is 20.6. The number of rotatable bonds is 8. The quantitative estimate of drug-likeness (QED) is 0.539. The summed E-state index contributed by atoms with van der Waals surface area (Å²) < 4.78 is 14.4. The molecule has 0 aliphatic heterocycles. The Morgan fingerprint density at radius 1 is 1.00 bits per heavy atom. The molecule has 0 spiro atoms. The lowest BCUT2D eigenvalue weighted by molar-refractivity contribution is 0.0732. The van der Waals surface area contributed by atoms with Crippen molar-refractivity contribution >= 4 is 5.91 Å². The Bertz CT molecular complexity index is 1000. The van der Waals surface area contributed by atoms with E-state index in [0.717, 1.165) is 24.8 Å². The molecule has 6 heteroatoms. The normalized spacial score (nSPS) is 10.7. The molecule has 0 atom stereocenters. The van der Waals surface area contributed by atoms with E-state index in [0.29, 0.717) is 18.8 Å². The lowest BCUT2D eigenvalue weighted by Gasteiger charge is -2.23. The molecular formula is C23H24FN3O2. The average Bonchev–Trinajstić information content (AvgIpc) is 2.75. The summed E-state index contributed by atoms with van der Waals surface area (Å²) in [6.45, 7) is 3.02. The van der Waals surface area contributed by atoms with Crippen molar-refractivity contribution < 1.29 is 9.18 Å². The number of aromatic nitrogens is 2. The van der Waals surface area contributed by atoms with Crippen molar-refractivity contribution in [2.45, 2.75) is 32.7 Å². The minimum absolute atomic E-state index is 0.201. The second kappa shape index (κ2) is 9.78. The molecule has 0 fully saturated rings. The molecule has 1 heterocycles. The van der Waals surface area contributed by atoms with Crippen LogP contribution < -0.4 is 5.56 Å². The number of hydrogen-bond donors (Lipinski definition) is 0. The molecule has 0 aliphatic rings. The summed E-state index contributed by atoms with van der Waals surface area (Å²) in [4.78, 5) is 27.1. The molecule has 3 aromatic rings. The summed E-state index contributed by atoms with van der Waals surface area (Å²) in [5, 5.41) is 4.30. The highest BCUT2D eigenvalue weighted by Crippen LogP contribution is 2.12. The Kier molecular flexibility index (Phi) is 6.89. The van der Waals surface area contributed by atoms with Crippen LogP contribution in [0.3, 0.4) is 0 Å². The largest absolute Gasteiger partial charge is 0.333 e. The Balaban J connectivity index is 1.88. The van der Waals surface area contributed by atoms with Crippen molar-refractivity contribution in [1.29, 1.82) is 0 Å². The third kappa shape index (κ3) is 5.38. The van der Waals surface area contributed by atoms with Crippen LogP contribution in [0.1, 0.15) is 42.2 Å². The number of carbonyl (C=O) groups is 1. The summed E-state index contributed by atoms with van der Waals surface area (Å²) in [5.74, 6) is -0.565. The van der Waals surface area contributed by atoms with Gasteiger partial charge in [0, 0.05) is 19.2 Å². The van der Waals surface area contributed by atoms with Gasteiger partial charge in [0.2, 0.25) is 0 Å². The minimum Gasteiger partial charge on any atom is -0.333 e. The Morgan fingerprint density at radius 2 is 1.72 bits per heavy atom. The van der Waals surface area contributed by atoms with Crippen LogP contribution in [-0.2, 0) is 6.54 Å². The van der Waals surface area contributed by atoms with Gasteiger partial charge >= 0.3 is 0 Å². The zero-order valence-corrected chi connectivity index (χ0v) is 16.4. The monoisotopic (exact) mass is 393 g/mol. The zero-order valence-electron chi connectivity index (χ0n) is 16.4. The molecule has 1 amide bonds. The van der Waals surface area contributed by atoms with Gasteiger partial charge in [-0.25, -0.2) is 4.39 Å². The smallest absolute Gasteiger partial charge is 0.274 e. The van der Waals surface area contributed by atoms with Crippen LogP contribution in [0.15, 0.2) is 71.5 Å². The summed E-state index contributed by atoms with van der Waals surface area (Å²) in [6, 6.07) is 17.9. The molecular weight excluding hydrogens is 369 g/mol. The number of unbranched alkanes of at least 4 members (excludes halogenated alkanes) is 2. The molecule has 0 radical (unpaired) electrons. The van der Waals surface area contributed by atoms with Crippen molar-refractivity contribution in [1.82, 2.24) is 14.7 Å². The van der Waals surface area contributed by atoms with E-state index in [4.69, 9.17) is 0 Å². The SMILES string of the molecule is CCCCCN(Cc1ccc(F)cc1)C(=O)c1ccc(=O)n(-c2ccccc2)n1. The van der Waals surface area contributed by atoms with E-state index in [2.05, 4.69) is 12.0 Å². The molecule has 0 unspecified atom stereocenters. The Labute approximate surface area is 169 Å². The lowest BCUT2D eigenvalue weighted by atomic mass is 10.1. The van der Waals surface area contributed by atoms with E-state index < -0.39 is 0 Å². The van der Waals surface area contributed by atoms with Gasteiger partial charge in [0.25, 0.3) is 11.5 Å². The van der Waals surface area contributed by atoms with Crippen molar-refractivity contribution in [3.8, 4) is 5.69 Å². The van der Waals surface area contributed by atoms with Gasteiger partial charge in [0.15, 0.2) is 0 Å². The third-order valence-corrected chi connectivity index (χ3v) is 4.63. The number of nitrogens with zero attached hydrogens (tertiary/aromatic N) is 3. The fourth-order valence-corrected chi connectivity index (χ4v) is 3.06. The van der Waals surface area contributed by atoms with Gasteiger partial charge in [-0.05, 0) is 42.3 Å². The number of para-hydroxylation sites is 1. The Morgan fingerprint density at radius 3 is 2.41 bits per heavy atom. The predicted molar refractivity (Wildman–Crippen MR) is 110 cm³/mol. The van der Waals surface area contributed by atoms with E-state index in [1.54, 1.807) is 29.2 Å². The van der Waals surface area contributed by atoms with Gasteiger partial charge in [-0.15, -0.1) is 0 Å². The molecule has 2 aromatic carbocycles. The summed E-state index contributed by atoms with van der Waals surface area (Å²) in [6.07, 6.45) is 2.90. The summed E-state index contributed by atoms with van der Waals surface area (Å²) in [5.41, 5.74) is 1.34. The first-order valence-electron chi connectivity index (χ1n) is 9.78. The fourth-order valence-electron chi connectivity index (χ4n) is 3.06. The highest BCUT2D eigenvalue weighted by Gasteiger charge is 2.19. The van der Waals surface area contributed by atoms with Crippen LogP contribution in [0.5, 0.6) is 0 Å². The predicted octanol–water partition coefficient (Wildman–Crippen LogP) is 4.20. The number of hydrogen-bond acceptors (Lipinski definition) is 3. The molecule has 0 aliphatic carbocycles. The molecule has 0 bridgehead atoms. The maximum absolute atomic E-state index is 13.2. The molecule has 3 rings (SSSR count). The van der Waals surface area contributed by atoms with Crippen LogP contribution in [0.25, 0.3) is 5.69 Å². The van der Waals surface area contributed by atoms with Crippen molar-refractivity contribution in [2.24, 2.45) is 0 Å². The minimum atomic E-state index is -0.311. The van der Waals surface area contributed by atoms with Gasteiger partial charge in [-0.3, -0.25) is 9.59 Å². The fraction of sp³-hybridized carbons (Fsp3) is 0.261. The van der Waals surface area contributed by atoms with Gasteiger partial charge in [0.1, 0.15) is 11.5 Å². The van der Waals surface area contributed by atoms with Crippen LogP contribution >= 0.6 is 0 Å². The van der Waals surface area contributed by atoms with Crippen LogP contribution in [-0.4, -0.2) is 27.1 Å². The topological polar surface area (TPSA) is 55.2 Å². The highest BCUT2D eigenvalue weighted by atomic mass is 19.1. The first-order valence-corrected chi connectivity index (χ1v) is 9.78. The summed E-state index contributed by atoms with van der Waals surface area (Å²) >= 11 is 0. The maximum atomic E-state index is 13.2. The van der Waals surface area contributed by atoms with Crippen molar-refractivity contribution in [3.05, 3.63) is 94.2 Å². The van der Waals surface area contributed by atoms with E-state index in [-0.39, 0.29) is 23.0 Å². The first-order chi connectivity index (χ1) is 14.1. The highest BCUT2D eigenvalue weighted by molar-refractivity contribution is 5.92. The second-order valence-electron chi connectivity index (χ2n) is 6.86. The average molecular weight is 393 g/mol. The lowest BCUT2D eigenvalue weighted by Crippen LogP contribution is -2.34. The number of amides is 1. The van der Waals surface area contributed by atoms with E-state index >= 15 is 0 Å².